The topological polar surface area (TPSA) is 79.6 Å². The van der Waals surface area contributed by atoms with Crippen LogP contribution in [0.25, 0.3) is 0 Å². The van der Waals surface area contributed by atoms with Gasteiger partial charge in [-0.2, -0.15) is 5.26 Å². The summed E-state index contributed by atoms with van der Waals surface area (Å²) < 4.78 is 9.47. The number of carbonyl (C=O) groups is 2. The molecule has 17 heavy (non-hydrogen) atoms. The number of hydrogen-bond acceptors (Lipinski definition) is 5. The van der Waals surface area contributed by atoms with E-state index in [2.05, 4.69) is 4.74 Å². The van der Waals surface area contributed by atoms with Gasteiger partial charge in [0.1, 0.15) is 6.61 Å². The molecule has 6 heteroatoms. The smallest absolute Gasteiger partial charge is 0.410 e. The second-order valence-electron chi connectivity index (χ2n) is 3.73. The fraction of sp³-hybridized carbons (Fsp3) is 0.727. The van der Waals surface area contributed by atoms with Gasteiger partial charge in [0, 0.05) is 13.1 Å². The largest absolute Gasteiger partial charge is 0.462 e. The molecule has 0 bridgehead atoms. The molecule has 0 unspecified atom stereocenters. The van der Waals surface area contributed by atoms with Crippen molar-refractivity contribution in [2.24, 2.45) is 0 Å². The molecule has 1 heterocycles. The summed E-state index contributed by atoms with van der Waals surface area (Å²) >= 11 is 0. The minimum atomic E-state index is -0.620. The average molecular weight is 240 g/mol. The van der Waals surface area contributed by atoms with Crippen LogP contribution >= 0.6 is 0 Å². The Labute approximate surface area is 100 Å². The summed E-state index contributed by atoms with van der Waals surface area (Å²) in [5.41, 5.74) is 0. The zero-order valence-corrected chi connectivity index (χ0v) is 9.68. The number of ether oxygens (including phenoxy) is 2. The highest BCUT2D eigenvalue weighted by Crippen LogP contribution is 2.09. The van der Waals surface area contributed by atoms with E-state index in [1.54, 1.807) is 4.90 Å². The van der Waals surface area contributed by atoms with Crippen LogP contribution in [0.1, 0.15) is 25.7 Å². The lowest BCUT2D eigenvalue weighted by Gasteiger charge is -2.25. The molecular formula is C11H16N2O4. The Balaban J connectivity index is 2.14. The van der Waals surface area contributed by atoms with Crippen LogP contribution in [-0.4, -0.2) is 43.3 Å². The summed E-state index contributed by atoms with van der Waals surface area (Å²) in [5.74, 6) is -0.620. The van der Waals surface area contributed by atoms with E-state index in [4.69, 9.17) is 10.00 Å². The summed E-state index contributed by atoms with van der Waals surface area (Å²) in [6.07, 6.45) is 2.75. The van der Waals surface area contributed by atoms with Crippen LogP contribution in [0.3, 0.4) is 0 Å². The number of hydrogen-bond donors (Lipinski definition) is 0. The minimum Gasteiger partial charge on any atom is -0.462 e. The van der Waals surface area contributed by atoms with E-state index in [9.17, 15) is 9.59 Å². The van der Waals surface area contributed by atoms with Gasteiger partial charge in [0.25, 0.3) is 0 Å². The lowest BCUT2D eigenvalue weighted by Crippen LogP contribution is -2.37. The molecule has 1 aliphatic rings. The van der Waals surface area contributed by atoms with E-state index >= 15 is 0 Å². The van der Waals surface area contributed by atoms with Crippen LogP contribution < -0.4 is 0 Å². The molecule has 0 atom stereocenters. The molecule has 0 aliphatic carbocycles. The molecule has 0 saturated carbocycles. The minimum absolute atomic E-state index is 0.0383. The molecule has 0 radical (unpaired) electrons. The predicted molar refractivity (Wildman–Crippen MR) is 58.0 cm³/mol. The Hall–Kier alpha value is -1.77. The first-order valence-electron chi connectivity index (χ1n) is 5.68. The van der Waals surface area contributed by atoms with Crippen LogP contribution in [0.2, 0.25) is 0 Å². The Morgan fingerprint density at radius 2 is 1.88 bits per heavy atom. The lowest BCUT2D eigenvalue weighted by molar-refractivity contribution is -0.147. The van der Waals surface area contributed by atoms with Crippen molar-refractivity contribution < 1.29 is 19.1 Å². The standard InChI is InChI=1S/C11H16N2O4/c12-5-4-8-16-10(14)9-17-11(15)13-6-2-1-3-7-13/h1-4,6-9H2. The third-order valence-electron chi connectivity index (χ3n) is 2.40. The van der Waals surface area contributed by atoms with Crippen LogP contribution in [0.4, 0.5) is 4.79 Å². The first-order valence-corrected chi connectivity index (χ1v) is 5.68. The van der Waals surface area contributed by atoms with Gasteiger partial charge in [-0.05, 0) is 19.3 Å². The molecule has 0 spiro atoms. The van der Waals surface area contributed by atoms with Crippen molar-refractivity contribution in [2.75, 3.05) is 26.3 Å². The van der Waals surface area contributed by atoms with Crippen molar-refractivity contribution in [1.29, 1.82) is 5.26 Å². The highest BCUT2D eigenvalue weighted by molar-refractivity contribution is 5.75. The number of rotatable bonds is 4. The van der Waals surface area contributed by atoms with E-state index in [1.807, 2.05) is 6.07 Å². The number of nitriles is 1. The molecule has 6 nitrogen and oxygen atoms in total. The van der Waals surface area contributed by atoms with Crippen molar-refractivity contribution >= 4 is 12.1 Å². The van der Waals surface area contributed by atoms with E-state index in [-0.39, 0.29) is 19.6 Å². The van der Waals surface area contributed by atoms with Gasteiger partial charge in [-0.3, -0.25) is 0 Å². The maximum absolute atomic E-state index is 11.5. The molecule has 0 aromatic heterocycles. The van der Waals surface area contributed by atoms with Crippen molar-refractivity contribution in [3.05, 3.63) is 0 Å². The van der Waals surface area contributed by atoms with Crippen LogP contribution in [0, 0.1) is 11.3 Å². The van der Waals surface area contributed by atoms with E-state index < -0.39 is 12.1 Å². The van der Waals surface area contributed by atoms with Crippen LogP contribution in [0.5, 0.6) is 0 Å². The second-order valence-corrected chi connectivity index (χ2v) is 3.73. The monoisotopic (exact) mass is 240 g/mol. The quantitative estimate of drug-likeness (QED) is 0.542. The predicted octanol–water partition coefficient (Wildman–Crippen LogP) is 1.07. The van der Waals surface area contributed by atoms with Gasteiger partial charge in [0.15, 0.2) is 6.61 Å². The highest BCUT2D eigenvalue weighted by atomic mass is 16.6. The Bertz CT molecular complexity index is 305. The van der Waals surface area contributed by atoms with Crippen molar-refractivity contribution in [3.63, 3.8) is 0 Å². The Kier molecular flexibility index (Phi) is 5.86. The molecule has 0 aromatic rings. The zero-order valence-electron chi connectivity index (χ0n) is 9.68. The van der Waals surface area contributed by atoms with Crippen LogP contribution in [0.15, 0.2) is 0 Å². The second kappa shape index (κ2) is 7.49. The van der Waals surface area contributed by atoms with Gasteiger partial charge in [0.05, 0.1) is 12.5 Å². The summed E-state index contributed by atoms with van der Waals surface area (Å²) in [6.45, 7) is 1.02. The summed E-state index contributed by atoms with van der Waals surface area (Å²) in [4.78, 5) is 24.1. The van der Waals surface area contributed by atoms with Crippen molar-refractivity contribution in [2.45, 2.75) is 25.7 Å². The van der Waals surface area contributed by atoms with Gasteiger partial charge in [-0.1, -0.05) is 0 Å². The molecule has 94 valence electrons. The number of carbonyl (C=O) groups excluding carboxylic acids is 2. The van der Waals surface area contributed by atoms with Gasteiger partial charge in [0.2, 0.25) is 0 Å². The molecule has 0 aromatic carbocycles. The number of esters is 1. The number of nitrogens with zero attached hydrogens (tertiary/aromatic N) is 2. The number of piperidine rings is 1. The average Bonchev–Trinajstić information content (AvgIpc) is 2.37. The molecule has 1 rings (SSSR count). The van der Waals surface area contributed by atoms with Gasteiger partial charge in [-0.25, -0.2) is 9.59 Å². The number of amides is 1. The maximum Gasteiger partial charge on any atom is 0.410 e. The summed E-state index contributed by atoms with van der Waals surface area (Å²) in [7, 11) is 0. The molecule has 1 amide bonds. The SMILES string of the molecule is N#CCCOC(=O)COC(=O)N1CCCCC1. The fourth-order valence-corrected chi connectivity index (χ4v) is 1.54. The number of likely N-dealkylation sites (tertiary alicyclic amines) is 1. The molecule has 1 fully saturated rings. The fourth-order valence-electron chi connectivity index (χ4n) is 1.54. The first-order chi connectivity index (χ1) is 8.24. The third kappa shape index (κ3) is 5.20. The van der Waals surface area contributed by atoms with Gasteiger partial charge in [-0.15, -0.1) is 0 Å². The Morgan fingerprint density at radius 3 is 2.53 bits per heavy atom. The van der Waals surface area contributed by atoms with E-state index in [0.717, 1.165) is 19.3 Å². The summed E-state index contributed by atoms with van der Waals surface area (Å²) in [5, 5.41) is 8.23. The molecular weight excluding hydrogens is 224 g/mol. The van der Waals surface area contributed by atoms with Gasteiger partial charge < -0.3 is 14.4 Å². The van der Waals surface area contributed by atoms with Crippen molar-refractivity contribution in [3.8, 4) is 6.07 Å². The summed E-state index contributed by atoms with van der Waals surface area (Å²) in [6, 6.07) is 1.85. The zero-order chi connectivity index (χ0) is 12.5. The van der Waals surface area contributed by atoms with E-state index in [0.29, 0.717) is 13.1 Å². The van der Waals surface area contributed by atoms with E-state index in [1.165, 1.54) is 0 Å². The third-order valence-corrected chi connectivity index (χ3v) is 2.40. The highest BCUT2D eigenvalue weighted by Gasteiger charge is 2.18. The Morgan fingerprint density at radius 1 is 1.18 bits per heavy atom. The molecule has 0 N–H and O–H groups in total. The van der Waals surface area contributed by atoms with Crippen molar-refractivity contribution in [1.82, 2.24) is 4.90 Å². The molecule has 1 aliphatic heterocycles. The van der Waals surface area contributed by atoms with Gasteiger partial charge >= 0.3 is 12.1 Å². The lowest BCUT2D eigenvalue weighted by atomic mass is 10.1. The van der Waals surface area contributed by atoms with Crippen LogP contribution in [-0.2, 0) is 14.3 Å². The first kappa shape index (κ1) is 13.3. The maximum atomic E-state index is 11.5. The normalized spacial score (nSPS) is 14.9. The molecule has 1 saturated heterocycles.